The van der Waals surface area contributed by atoms with Crippen molar-refractivity contribution < 1.29 is 17.9 Å². The van der Waals surface area contributed by atoms with E-state index in [1.165, 1.54) is 4.31 Å². The van der Waals surface area contributed by atoms with Crippen LogP contribution in [0.5, 0.6) is 0 Å². The second-order valence-electron chi connectivity index (χ2n) is 8.07. The Morgan fingerprint density at radius 3 is 2.34 bits per heavy atom. The third kappa shape index (κ3) is 6.00. The third-order valence-electron chi connectivity index (χ3n) is 5.69. The number of sulfonamides is 1. The van der Waals surface area contributed by atoms with E-state index >= 15 is 0 Å². The molecule has 0 saturated carbocycles. The molecule has 1 aliphatic heterocycles. The van der Waals surface area contributed by atoms with Gasteiger partial charge in [0.2, 0.25) is 15.9 Å². The first-order valence-corrected chi connectivity index (χ1v) is 13.1. The smallest absolute Gasteiger partial charge is 0.243 e. The van der Waals surface area contributed by atoms with Crippen LogP contribution < -0.4 is 16.0 Å². The number of hydrogen-bond donors (Lipinski definition) is 3. The molecular formula is C26H30N4O4S. The van der Waals surface area contributed by atoms with Crippen molar-refractivity contribution in [2.75, 3.05) is 55.3 Å². The lowest BCUT2D eigenvalue weighted by atomic mass is 10.0. The summed E-state index contributed by atoms with van der Waals surface area (Å²) in [5.74, 6) is -0.239. The molecule has 1 saturated heterocycles. The van der Waals surface area contributed by atoms with Crippen LogP contribution in [0.25, 0.3) is 11.1 Å². The van der Waals surface area contributed by atoms with Crippen molar-refractivity contribution in [3.63, 3.8) is 0 Å². The van der Waals surface area contributed by atoms with Crippen LogP contribution in [0.15, 0.2) is 77.7 Å². The van der Waals surface area contributed by atoms with Crippen LogP contribution in [-0.2, 0) is 19.6 Å². The molecule has 0 radical (unpaired) electrons. The number of hydrogen-bond acceptors (Lipinski definition) is 6. The highest BCUT2D eigenvalue weighted by atomic mass is 32.2. The van der Waals surface area contributed by atoms with Gasteiger partial charge in [0.15, 0.2) is 0 Å². The first kappa shape index (κ1) is 24.7. The minimum Gasteiger partial charge on any atom is -0.384 e. The number of nitrogens with one attached hydrogen (secondary N) is 3. The number of nitrogens with zero attached hydrogens (tertiary/aromatic N) is 1. The molecular weight excluding hydrogens is 464 g/mol. The van der Waals surface area contributed by atoms with Crippen molar-refractivity contribution >= 4 is 33.0 Å². The van der Waals surface area contributed by atoms with Crippen molar-refractivity contribution in [2.45, 2.75) is 11.8 Å². The van der Waals surface area contributed by atoms with E-state index in [0.717, 1.165) is 16.8 Å². The van der Waals surface area contributed by atoms with Gasteiger partial charge < -0.3 is 20.7 Å². The molecule has 35 heavy (non-hydrogen) atoms. The minimum absolute atomic E-state index is 0.0252. The third-order valence-corrected chi connectivity index (χ3v) is 7.59. The lowest BCUT2D eigenvalue weighted by Crippen LogP contribution is -2.40. The molecule has 0 aromatic heterocycles. The Hall–Kier alpha value is -3.40. The maximum absolute atomic E-state index is 13.1. The Labute approximate surface area is 206 Å². The number of rotatable bonds is 9. The van der Waals surface area contributed by atoms with Crippen LogP contribution in [0.3, 0.4) is 0 Å². The summed E-state index contributed by atoms with van der Waals surface area (Å²) in [5.41, 5.74) is 3.92. The predicted octanol–water partition coefficient (Wildman–Crippen LogP) is 3.86. The molecule has 3 aromatic rings. The molecule has 0 bridgehead atoms. The van der Waals surface area contributed by atoms with Crippen LogP contribution in [-0.4, -0.2) is 58.0 Å². The van der Waals surface area contributed by atoms with Gasteiger partial charge in [-0.15, -0.1) is 0 Å². The molecule has 9 heteroatoms. The Kier molecular flexibility index (Phi) is 8.02. The highest BCUT2D eigenvalue weighted by molar-refractivity contribution is 7.89. The zero-order chi connectivity index (χ0) is 24.7. The number of carbonyl (C=O) groups excluding carboxylic acids is 1. The number of anilines is 3. The molecule has 0 spiro atoms. The van der Waals surface area contributed by atoms with Gasteiger partial charge in [0.1, 0.15) is 0 Å². The van der Waals surface area contributed by atoms with Crippen LogP contribution in [0.2, 0.25) is 0 Å². The van der Waals surface area contributed by atoms with Crippen LogP contribution in [0.4, 0.5) is 17.1 Å². The van der Waals surface area contributed by atoms with Gasteiger partial charge in [-0.2, -0.15) is 4.31 Å². The summed E-state index contributed by atoms with van der Waals surface area (Å²) in [5, 5.41) is 9.29. The van der Waals surface area contributed by atoms with E-state index in [9.17, 15) is 13.2 Å². The van der Waals surface area contributed by atoms with Crippen molar-refractivity contribution in [3.8, 4) is 11.1 Å². The number of para-hydroxylation sites is 1. The van der Waals surface area contributed by atoms with Crippen molar-refractivity contribution in [1.29, 1.82) is 0 Å². The zero-order valence-electron chi connectivity index (χ0n) is 19.7. The van der Waals surface area contributed by atoms with E-state index in [1.54, 1.807) is 18.2 Å². The number of amides is 1. The molecule has 1 amide bonds. The van der Waals surface area contributed by atoms with Gasteiger partial charge in [0.25, 0.3) is 0 Å². The van der Waals surface area contributed by atoms with Gasteiger partial charge in [0.05, 0.1) is 36.0 Å². The van der Waals surface area contributed by atoms with Crippen molar-refractivity contribution in [1.82, 2.24) is 4.31 Å². The largest absolute Gasteiger partial charge is 0.384 e. The minimum atomic E-state index is -3.65. The molecule has 4 rings (SSSR count). The number of benzene rings is 3. The number of ether oxygens (including phenoxy) is 1. The van der Waals surface area contributed by atoms with E-state index in [0.29, 0.717) is 44.2 Å². The Morgan fingerprint density at radius 2 is 1.60 bits per heavy atom. The number of morpholine rings is 1. The van der Waals surface area contributed by atoms with Crippen LogP contribution in [0, 0.1) is 0 Å². The van der Waals surface area contributed by atoms with E-state index in [4.69, 9.17) is 4.74 Å². The van der Waals surface area contributed by atoms with Gasteiger partial charge >= 0.3 is 0 Å². The topological polar surface area (TPSA) is 99.8 Å². The lowest BCUT2D eigenvalue weighted by Gasteiger charge is -2.26. The van der Waals surface area contributed by atoms with E-state index in [1.807, 2.05) is 61.5 Å². The second kappa shape index (κ2) is 11.4. The van der Waals surface area contributed by atoms with Gasteiger partial charge in [0, 0.05) is 30.9 Å². The summed E-state index contributed by atoms with van der Waals surface area (Å²) in [7, 11) is -3.65. The zero-order valence-corrected chi connectivity index (χ0v) is 20.5. The van der Waals surface area contributed by atoms with Gasteiger partial charge in [-0.1, -0.05) is 48.5 Å². The summed E-state index contributed by atoms with van der Waals surface area (Å²) in [6, 6.07) is 22.4. The quantitative estimate of drug-likeness (QED) is 0.418. The fraction of sp³-hybridized carbons (Fsp3) is 0.269. The summed E-state index contributed by atoms with van der Waals surface area (Å²) in [6.45, 7) is 3.99. The van der Waals surface area contributed by atoms with E-state index < -0.39 is 10.0 Å². The summed E-state index contributed by atoms with van der Waals surface area (Å²) < 4.78 is 32.9. The highest BCUT2D eigenvalue weighted by Gasteiger charge is 2.27. The second-order valence-corrected chi connectivity index (χ2v) is 10.0. The Morgan fingerprint density at radius 1 is 0.886 bits per heavy atom. The van der Waals surface area contributed by atoms with Crippen LogP contribution in [0.1, 0.15) is 6.92 Å². The fourth-order valence-electron chi connectivity index (χ4n) is 3.94. The van der Waals surface area contributed by atoms with Gasteiger partial charge in [-0.05, 0) is 36.8 Å². The standard InChI is InChI=1S/C26H30N4O4S/c1-2-27-24-13-12-21(35(32,33)30-14-16-34-17-15-30)18-25(24)28-19-26(31)29-23-11-7-6-10-22(23)20-8-4-3-5-9-20/h3-13,18,27-28H,2,14-17,19H2,1H3,(H,29,31). The average molecular weight is 495 g/mol. The maximum atomic E-state index is 13.1. The normalized spacial score (nSPS) is 14.3. The first-order valence-electron chi connectivity index (χ1n) is 11.6. The molecule has 0 aliphatic carbocycles. The van der Waals surface area contributed by atoms with Crippen molar-refractivity contribution in [2.24, 2.45) is 0 Å². The average Bonchev–Trinajstić information content (AvgIpc) is 2.89. The van der Waals surface area contributed by atoms with E-state index in [-0.39, 0.29) is 17.3 Å². The predicted molar refractivity (Wildman–Crippen MR) is 139 cm³/mol. The summed E-state index contributed by atoms with van der Waals surface area (Å²) >= 11 is 0. The summed E-state index contributed by atoms with van der Waals surface area (Å²) in [6.07, 6.45) is 0. The fourth-order valence-corrected chi connectivity index (χ4v) is 5.38. The maximum Gasteiger partial charge on any atom is 0.243 e. The SMILES string of the molecule is CCNc1ccc(S(=O)(=O)N2CCOCC2)cc1NCC(=O)Nc1ccccc1-c1ccccc1. The molecule has 3 aromatic carbocycles. The Bertz CT molecular complexity index is 1260. The molecule has 1 fully saturated rings. The molecule has 1 aliphatic rings. The van der Waals surface area contributed by atoms with Crippen LogP contribution >= 0.6 is 0 Å². The highest BCUT2D eigenvalue weighted by Crippen LogP contribution is 2.29. The monoisotopic (exact) mass is 494 g/mol. The molecule has 184 valence electrons. The molecule has 0 atom stereocenters. The molecule has 3 N–H and O–H groups in total. The lowest BCUT2D eigenvalue weighted by molar-refractivity contribution is -0.114. The van der Waals surface area contributed by atoms with E-state index in [2.05, 4.69) is 16.0 Å². The molecule has 8 nitrogen and oxygen atoms in total. The first-order chi connectivity index (χ1) is 17.0. The molecule has 0 unspecified atom stereocenters. The van der Waals surface area contributed by atoms with Gasteiger partial charge in [-0.25, -0.2) is 8.42 Å². The van der Waals surface area contributed by atoms with Crippen molar-refractivity contribution in [3.05, 3.63) is 72.8 Å². The Balaban J connectivity index is 1.50. The number of carbonyl (C=O) groups is 1. The summed E-state index contributed by atoms with van der Waals surface area (Å²) in [4.78, 5) is 13.0. The molecule has 1 heterocycles. The van der Waals surface area contributed by atoms with Gasteiger partial charge in [-0.3, -0.25) is 4.79 Å².